The maximum Gasteiger partial charge on any atom is 0.229 e. The average Bonchev–Trinajstić information content (AvgIpc) is 3.14. The molecule has 2 aliphatic rings. The van der Waals surface area contributed by atoms with Crippen molar-refractivity contribution >= 4 is 5.91 Å². The molecule has 4 rings (SSSR count). The van der Waals surface area contributed by atoms with Crippen molar-refractivity contribution in [1.29, 1.82) is 0 Å². The highest BCUT2D eigenvalue weighted by molar-refractivity contribution is 5.79. The Bertz CT molecular complexity index is 887. The fourth-order valence-corrected chi connectivity index (χ4v) is 4.08. The number of methoxy groups -OCH3 is 1. The van der Waals surface area contributed by atoms with Crippen LogP contribution in [0.4, 0.5) is 4.39 Å². The third-order valence-corrected chi connectivity index (χ3v) is 5.93. The summed E-state index contributed by atoms with van der Waals surface area (Å²) in [5, 5.41) is 0. The zero-order chi connectivity index (χ0) is 21.1. The number of carbonyl (C=O) groups is 1. The predicted octanol–water partition coefficient (Wildman–Crippen LogP) is 2.87. The average molecular weight is 417 g/mol. The number of hydrogen-bond acceptors (Lipinski definition) is 6. The van der Waals surface area contributed by atoms with E-state index in [0.717, 1.165) is 31.6 Å². The number of piperidine rings is 1. The third-order valence-electron chi connectivity index (χ3n) is 5.93. The Hall–Kier alpha value is -2.45. The van der Waals surface area contributed by atoms with Crippen LogP contribution in [0.1, 0.15) is 24.3 Å². The number of rotatable bonds is 5. The van der Waals surface area contributed by atoms with E-state index in [9.17, 15) is 9.18 Å². The molecule has 3 heterocycles. The van der Waals surface area contributed by atoms with E-state index in [-0.39, 0.29) is 17.7 Å². The lowest BCUT2D eigenvalue weighted by atomic mass is 9.95. The number of amides is 1. The first-order valence-corrected chi connectivity index (χ1v) is 10.4. The molecule has 1 aromatic heterocycles. The summed E-state index contributed by atoms with van der Waals surface area (Å²) in [5.41, 5.74) is 1.09. The minimum atomic E-state index is -0.397. The van der Waals surface area contributed by atoms with Crippen LogP contribution < -0.4 is 4.74 Å². The maximum absolute atomic E-state index is 14.3. The van der Waals surface area contributed by atoms with Gasteiger partial charge < -0.3 is 18.8 Å². The first kappa shape index (κ1) is 20.8. The Morgan fingerprint density at radius 3 is 2.67 bits per heavy atom. The van der Waals surface area contributed by atoms with Crippen molar-refractivity contribution in [2.24, 2.45) is 5.92 Å². The Morgan fingerprint density at radius 2 is 1.97 bits per heavy atom. The van der Waals surface area contributed by atoms with Crippen LogP contribution in [0.25, 0.3) is 11.5 Å². The van der Waals surface area contributed by atoms with Crippen LogP contribution >= 0.6 is 0 Å². The van der Waals surface area contributed by atoms with Crippen molar-refractivity contribution in [1.82, 2.24) is 14.8 Å². The smallest absolute Gasteiger partial charge is 0.229 e. The van der Waals surface area contributed by atoms with Crippen LogP contribution in [-0.4, -0.2) is 67.2 Å². The van der Waals surface area contributed by atoms with Gasteiger partial charge in [-0.25, -0.2) is 9.37 Å². The van der Waals surface area contributed by atoms with E-state index < -0.39 is 5.82 Å². The van der Waals surface area contributed by atoms with Crippen LogP contribution in [0.2, 0.25) is 0 Å². The molecule has 1 amide bonds. The fraction of sp³-hybridized carbons (Fsp3) is 0.545. The number of hydrogen-bond donors (Lipinski definition) is 0. The van der Waals surface area contributed by atoms with E-state index in [1.54, 1.807) is 12.1 Å². The van der Waals surface area contributed by atoms with Crippen molar-refractivity contribution in [2.75, 3.05) is 46.5 Å². The molecule has 8 heteroatoms. The van der Waals surface area contributed by atoms with Gasteiger partial charge in [-0.2, -0.15) is 0 Å². The number of oxazole rings is 1. The zero-order valence-corrected chi connectivity index (χ0v) is 17.5. The summed E-state index contributed by atoms with van der Waals surface area (Å²) in [7, 11) is 1.54. The van der Waals surface area contributed by atoms with Crippen LogP contribution in [0.5, 0.6) is 5.75 Å². The molecule has 0 N–H and O–H groups in total. The lowest BCUT2D eigenvalue weighted by molar-refractivity contribution is -0.141. The first-order chi connectivity index (χ1) is 14.5. The standard InChI is InChI=1S/C22H28FN3O4/c1-15-20(24-21(30-15)18-13-17(28-2)3-4-19(18)23)14-25-7-5-16(6-8-25)22(27)26-9-11-29-12-10-26/h3-4,13,16H,5-12,14H2,1-2H3. The number of likely N-dealkylation sites (tertiary alicyclic amines) is 1. The van der Waals surface area contributed by atoms with Gasteiger partial charge in [-0.1, -0.05) is 0 Å². The van der Waals surface area contributed by atoms with Crippen LogP contribution in [0.3, 0.4) is 0 Å². The number of halogens is 1. The summed E-state index contributed by atoms with van der Waals surface area (Å²) in [6.07, 6.45) is 1.68. The number of aryl methyl sites for hydroxylation is 1. The second-order valence-electron chi connectivity index (χ2n) is 7.86. The molecule has 0 aliphatic carbocycles. The van der Waals surface area contributed by atoms with Crippen molar-refractivity contribution in [3.63, 3.8) is 0 Å². The molecule has 0 saturated carbocycles. The van der Waals surface area contributed by atoms with Gasteiger partial charge in [0.15, 0.2) is 0 Å². The minimum absolute atomic E-state index is 0.0826. The van der Waals surface area contributed by atoms with Gasteiger partial charge in [0.05, 0.1) is 31.6 Å². The maximum atomic E-state index is 14.3. The summed E-state index contributed by atoms with van der Waals surface area (Å²) >= 11 is 0. The highest BCUT2D eigenvalue weighted by atomic mass is 19.1. The minimum Gasteiger partial charge on any atom is -0.497 e. The van der Waals surface area contributed by atoms with Gasteiger partial charge in [0, 0.05) is 25.6 Å². The van der Waals surface area contributed by atoms with Gasteiger partial charge in [0.25, 0.3) is 0 Å². The molecule has 2 aliphatic heterocycles. The monoisotopic (exact) mass is 417 g/mol. The van der Waals surface area contributed by atoms with E-state index in [1.807, 2.05) is 11.8 Å². The Labute approximate surface area is 175 Å². The molecular formula is C22H28FN3O4. The SMILES string of the molecule is COc1ccc(F)c(-c2nc(CN3CCC(C(=O)N4CCOCC4)CC3)c(C)o2)c1. The predicted molar refractivity (Wildman–Crippen MR) is 109 cm³/mol. The normalized spacial score (nSPS) is 18.6. The molecular weight excluding hydrogens is 389 g/mol. The first-order valence-electron chi connectivity index (χ1n) is 10.4. The molecule has 0 atom stereocenters. The topological polar surface area (TPSA) is 68.0 Å². The molecule has 2 saturated heterocycles. The van der Waals surface area contributed by atoms with E-state index in [0.29, 0.717) is 49.9 Å². The third kappa shape index (κ3) is 4.49. The van der Waals surface area contributed by atoms with Gasteiger partial charge in [-0.15, -0.1) is 0 Å². The summed E-state index contributed by atoms with van der Waals surface area (Å²) in [4.78, 5) is 21.4. The van der Waals surface area contributed by atoms with E-state index in [4.69, 9.17) is 13.9 Å². The summed E-state index contributed by atoms with van der Waals surface area (Å²) in [6.45, 7) is 6.78. The molecule has 1 aromatic carbocycles. The molecule has 30 heavy (non-hydrogen) atoms. The van der Waals surface area contributed by atoms with Crippen molar-refractivity contribution in [3.8, 4) is 17.2 Å². The van der Waals surface area contributed by atoms with Crippen molar-refractivity contribution in [3.05, 3.63) is 35.5 Å². The molecule has 0 spiro atoms. The second kappa shape index (κ2) is 9.14. The molecule has 2 fully saturated rings. The summed E-state index contributed by atoms with van der Waals surface area (Å²) in [5.74, 6) is 1.43. The summed E-state index contributed by atoms with van der Waals surface area (Å²) < 4.78 is 30.5. The lowest BCUT2D eigenvalue weighted by Crippen LogP contribution is -2.46. The highest BCUT2D eigenvalue weighted by Crippen LogP contribution is 2.29. The molecule has 2 aromatic rings. The highest BCUT2D eigenvalue weighted by Gasteiger charge is 2.30. The van der Waals surface area contributed by atoms with Gasteiger partial charge >= 0.3 is 0 Å². The molecule has 0 unspecified atom stereocenters. The molecule has 0 radical (unpaired) electrons. The van der Waals surface area contributed by atoms with E-state index in [1.165, 1.54) is 13.2 Å². The van der Waals surface area contributed by atoms with Gasteiger partial charge in [0.2, 0.25) is 11.8 Å². The van der Waals surface area contributed by atoms with Gasteiger partial charge in [-0.05, 0) is 51.1 Å². The number of carbonyl (C=O) groups excluding carboxylic acids is 1. The molecule has 0 bridgehead atoms. The molecule has 7 nitrogen and oxygen atoms in total. The fourth-order valence-electron chi connectivity index (χ4n) is 4.08. The quantitative estimate of drug-likeness (QED) is 0.745. The Morgan fingerprint density at radius 1 is 1.23 bits per heavy atom. The number of morpholine rings is 1. The van der Waals surface area contributed by atoms with E-state index in [2.05, 4.69) is 9.88 Å². The van der Waals surface area contributed by atoms with Gasteiger partial charge in [0.1, 0.15) is 17.3 Å². The second-order valence-corrected chi connectivity index (χ2v) is 7.86. The number of aromatic nitrogens is 1. The summed E-state index contributed by atoms with van der Waals surface area (Å²) in [6, 6.07) is 4.51. The van der Waals surface area contributed by atoms with Crippen LogP contribution in [0.15, 0.2) is 22.6 Å². The van der Waals surface area contributed by atoms with Crippen LogP contribution in [-0.2, 0) is 16.1 Å². The van der Waals surface area contributed by atoms with Crippen molar-refractivity contribution in [2.45, 2.75) is 26.3 Å². The zero-order valence-electron chi connectivity index (χ0n) is 17.5. The van der Waals surface area contributed by atoms with Crippen molar-refractivity contribution < 1.29 is 23.1 Å². The number of nitrogens with zero attached hydrogens (tertiary/aromatic N) is 3. The van der Waals surface area contributed by atoms with Gasteiger partial charge in [-0.3, -0.25) is 9.69 Å². The Balaban J connectivity index is 1.37. The Kier molecular flexibility index (Phi) is 6.34. The number of benzene rings is 1. The number of ether oxygens (including phenoxy) is 2. The van der Waals surface area contributed by atoms with E-state index >= 15 is 0 Å². The largest absolute Gasteiger partial charge is 0.497 e. The lowest BCUT2D eigenvalue weighted by Gasteiger charge is -2.35. The molecule has 162 valence electrons. The van der Waals surface area contributed by atoms with Crippen LogP contribution in [0, 0.1) is 18.7 Å².